The molecule has 2 aliphatic rings. The first-order valence-electron chi connectivity index (χ1n) is 21.1. The second kappa shape index (κ2) is 23.1. The molecule has 15 nitrogen and oxygen atoms in total. The smallest absolute Gasteiger partial charge is 0.269 e. The molecule has 2 fully saturated rings. The Bertz CT molecular complexity index is 1490. The van der Waals surface area contributed by atoms with Gasteiger partial charge in [0.15, 0.2) is 0 Å². The number of benzene rings is 1. The number of likely N-dealkylation sites (tertiary alicyclic amines) is 1. The number of rotatable bonds is 21. The van der Waals surface area contributed by atoms with Gasteiger partial charge in [-0.05, 0) is 68.2 Å². The average molecular weight is 817 g/mol. The summed E-state index contributed by atoms with van der Waals surface area (Å²) in [7, 11) is 6.51. The van der Waals surface area contributed by atoms with Crippen LogP contribution in [0.5, 0.6) is 5.75 Å². The lowest BCUT2D eigenvalue weighted by molar-refractivity contribution is -0.199. The van der Waals surface area contributed by atoms with Crippen molar-refractivity contribution in [1.29, 1.82) is 0 Å². The van der Waals surface area contributed by atoms with Crippen LogP contribution in [-0.2, 0) is 44.7 Å². The van der Waals surface area contributed by atoms with E-state index in [9.17, 15) is 29.1 Å². The minimum absolute atomic E-state index is 0.0104. The number of nitrogens with zero attached hydrogens (tertiary/aromatic N) is 3. The van der Waals surface area contributed by atoms with Crippen LogP contribution in [0.3, 0.4) is 0 Å². The molecular formula is C43H72N6O9. The van der Waals surface area contributed by atoms with E-state index in [-0.39, 0.29) is 60.0 Å². The zero-order valence-corrected chi connectivity index (χ0v) is 36.8. The molecule has 0 unspecified atom stereocenters. The summed E-state index contributed by atoms with van der Waals surface area (Å²) < 4.78 is 12.0. The van der Waals surface area contributed by atoms with Gasteiger partial charge in [-0.25, -0.2) is 5.06 Å². The number of likely N-dealkylation sites (N-methyl/N-ethyl adjacent to an activating group) is 2. The highest BCUT2D eigenvalue weighted by molar-refractivity contribution is 5.90. The minimum atomic E-state index is -0.931. The van der Waals surface area contributed by atoms with Crippen LogP contribution >= 0.6 is 0 Å². The van der Waals surface area contributed by atoms with Crippen molar-refractivity contribution in [3.63, 3.8) is 0 Å². The van der Waals surface area contributed by atoms with Crippen molar-refractivity contribution in [2.45, 2.75) is 136 Å². The molecule has 0 bridgehead atoms. The van der Waals surface area contributed by atoms with Crippen LogP contribution in [-0.4, -0.2) is 140 Å². The van der Waals surface area contributed by atoms with Crippen molar-refractivity contribution in [2.75, 3.05) is 48.0 Å². The van der Waals surface area contributed by atoms with Crippen molar-refractivity contribution in [2.24, 2.45) is 23.7 Å². The highest BCUT2D eigenvalue weighted by Crippen LogP contribution is 2.30. The van der Waals surface area contributed by atoms with Crippen LogP contribution in [0.25, 0.3) is 0 Å². The van der Waals surface area contributed by atoms with Gasteiger partial charge in [0, 0.05) is 40.8 Å². The van der Waals surface area contributed by atoms with Gasteiger partial charge in [0.25, 0.3) is 5.91 Å². The number of amides is 5. The van der Waals surface area contributed by atoms with Gasteiger partial charge in [-0.2, -0.15) is 0 Å². The van der Waals surface area contributed by atoms with E-state index in [4.69, 9.17) is 14.3 Å². The molecule has 1 aromatic rings. The molecular weight excluding hydrogens is 745 g/mol. The number of methoxy groups -OCH3 is 2. The Morgan fingerprint density at radius 1 is 0.897 bits per heavy atom. The van der Waals surface area contributed by atoms with E-state index in [0.29, 0.717) is 32.5 Å². The van der Waals surface area contributed by atoms with Crippen molar-refractivity contribution in [3.05, 3.63) is 29.8 Å². The highest BCUT2D eigenvalue weighted by atomic mass is 16.7. The number of hydrogen-bond acceptors (Lipinski definition) is 10. The maximum atomic E-state index is 14.3. The first-order valence-corrected chi connectivity index (χ1v) is 21.1. The predicted octanol–water partition coefficient (Wildman–Crippen LogP) is 3.28. The third kappa shape index (κ3) is 12.6. The Morgan fingerprint density at radius 2 is 1.55 bits per heavy atom. The summed E-state index contributed by atoms with van der Waals surface area (Å²) in [4.78, 5) is 78.5. The molecule has 15 heteroatoms. The quantitative estimate of drug-likeness (QED) is 0.144. The van der Waals surface area contributed by atoms with Crippen LogP contribution in [0.15, 0.2) is 24.3 Å². The molecule has 2 aliphatic heterocycles. The summed E-state index contributed by atoms with van der Waals surface area (Å²) >= 11 is 0. The maximum Gasteiger partial charge on any atom is 0.269 e. The molecule has 0 aliphatic carbocycles. The molecule has 0 saturated carbocycles. The van der Waals surface area contributed by atoms with Crippen LogP contribution in [0.4, 0.5) is 0 Å². The molecule has 2 heterocycles. The average Bonchev–Trinajstić information content (AvgIpc) is 3.69. The lowest BCUT2D eigenvalue weighted by atomic mass is 9.89. The molecule has 4 N–H and O–H groups in total. The van der Waals surface area contributed by atoms with Crippen LogP contribution in [0.2, 0.25) is 0 Å². The number of hydrogen-bond donors (Lipinski definition) is 4. The minimum Gasteiger partial charge on any atom is -0.508 e. The Kier molecular flexibility index (Phi) is 19.4. The number of aromatic hydroxyl groups is 1. The number of ether oxygens (including phenoxy) is 2. The van der Waals surface area contributed by atoms with Gasteiger partial charge in [0.1, 0.15) is 17.8 Å². The van der Waals surface area contributed by atoms with Gasteiger partial charge in [-0.15, -0.1) is 0 Å². The third-order valence-corrected chi connectivity index (χ3v) is 12.0. The van der Waals surface area contributed by atoms with E-state index in [1.54, 1.807) is 50.1 Å². The number of hydroxylamine groups is 2. The fourth-order valence-electron chi connectivity index (χ4n) is 8.36. The second-order valence-electron chi connectivity index (χ2n) is 16.7. The standard InChI is InChI=1S/C43H72N6O9/c1-12-28(6)38(47(9)43(55)37(27(4)5)46-41(53)36(44-8)26(2)3)34(56-10)25-35(51)48-21-15-16-33(48)39(57-11)29(7)40(52)45-32(24-30-17-19-31(50)20-18-30)42(54)49-22-13-14-23-58-49/h17-20,26-29,32-34,36-39,44,50H,12-16,21-25H2,1-11H3,(H,45,52)(H,46,53)/t28-,29+,32-,33-,34+,36-,37-,38-,39+/m0/s1. The van der Waals surface area contributed by atoms with E-state index in [1.807, 2.05) is 41.5 Å². The Hall–Kier alpha value is -3.79. The lowest BCUT2D eigenvalue weighted by Crippen LogP contribution is -2.59. The molecule has 2 saturated heterocycles. The van der Waals surface area contributed by atoms with Crippen molar-refractivity contribution >= 4 is 29.5 Å². The normalized spacial score (nSPS) is 20.1. The van der Waals surface area contributed by atoms with Crippen molar-refractivity contribution in [3.8, 4) is 5.75 Å². The number of phenols is 1. The van der Waals surface area contributed by atoms with Gasteiger partial charge in [-0.3, -0.25) is 28.8 Å². The summed E-state index contributed by atoms with van der Waals surface area (Å²) in [6.45, 7) is 14.8. The Labute approximate surface area is 346 Å². The molecule has 0 aromatic heterocycles. The number of nitrogens with one attached hydrogen (secondary N) is 3. The molecule has 1 aromatic carbocycles. The molecule has 0 radical (unpaired) electrons. The molecule has 328 valence electrons. The maximum absolute atomic E-state index is 14.3. The highest BCUT2D eigenvalue weighted by Gasteiger charge is 2.43. The topological polar surface area (TPSA) is 179 Å². The SMILES string of the molecule is CC[C@H](C)[C@@H]([C@@H](CC(=O)N1CCC[C@H]1[C@H](OC)[C@@H](C)C(=O)N[C@@H](Cc1ccc(O)cc1)C(=O)N1CCCCO1)OC)N(C)C(=O)[C@@H](NC(=O)[C@@H](NC)C(C)C)C(C)C. The number of phenolic OH excluding ortho intramolecular Hbond substituents is 1. The van der Waals surface area contributed by atoms with Gasteiger partial charge < -0.3 is 40.3 Å². The van der Waals surface area contributed by atoms with Crippen molar-refractivity contribution in [1.82, 2.24) is 30.8 Å². The second-order valence-corrected chi connectivity index (χ2v) is 16.7. The Balaban J connectivity index is 1.80. The number of carbonyl (C=O) groups is 5. The first-order chi connectivity index (χ1) is 27.5. The van der Waals surface area contributed by atoms with Gasteiger partial charge >= 0.3 is 0 Å². The summed E-state index contributed by atoms with van der Waals surface area (Å²) in [6.07, 6.45) is 2.52. The van der Waals surface area contributed by atoms with Gasteiger partial charge in [-0.1, -0.05) is 67.0 Å². The fourth-order valence-corrected chi connectivity index (χ4v) is 8.36. The van der Waals surface area contributed by atoms with E-state index in [2.05, 4.69) is 16.0 Å². The van der Waals surface area contributed by atoms with E-state index in [0.717, 1.165) is 24.8 Å². The van der Waals surface area contributed by atoms with Crippen LogP contribution in [0.1, 0.15) is 92.6 Å². The summed E-state index contributed by atoms with van der Waals surface area (Å²) in [5.41, 5.74) is 0.755. The fraction of sp³-hybridized carbons (Fsp3) is 0.744. The number of carbonyl (C=O) groups excluding carboxylic acids is 5. The Morgan fingerprint density at radius 3 is 2.09 bits per heavy atom. The molecule has 58 heavy (non-hydrogen) atoms. The largest absolute Gasteiger partial charge is 0.508 e. The van der Waals surface area contributed by atoms with E-state index < -0.39 is 54.2 Å². The van der Waals surface area contributed by atoms with E-state index in [1.165, 1.54) is 24.3 Å². The monoisotopic (exact) mass is 817 g/mol. The summed E-state index contributed by atoms with van der Waals surface area (Å²) in [6, 6.07) is 3.42. The van der Waals surface area contributed by atoms with Crippen LogP contribution in [0, 0.1) is 23.7 Å². The molecule has 0 spiro atoms. The molecule has 9 atom stereocenters. The lowest BCUT2D eigenvalue weighted by Gasteiger charge is -2.41. The predicted molar refractivity (Wildman–Crippen MR) is 221 cm³/mol. The summed E-state index contributed by atoms with van der Waals surface area (Å²) in [5, 5.41) is 20.1. The van der Waals surface area contributed by atoms with E-state index >= 15 is 0 Å². The van der Waals surface area contributed by atoms with Crippen molar-refractivity contribution < 1.29 is 43.4 Å². The summed E-state index contributed by atoms with van der Waals surface area (Å²) in [5.74, 6) is -2.30. The zero-order valence-electron chi connectivity index (χ0n) is 36.8. The van der Waals surface area contributed by atoms with Gasteiger partial charge in [0.2, 0.25) is 23.6 Å². The van der Waals surface area contributed by atoms with Gasteiger partial charge in [0.05, 0.1) is 49.3 Å². The third-order valence-electron chi connectivity index (χ3n) is 12.0. The van der Waals surface area contributed by atoms with Crippen LogP contribution < -0.4 is 16.0 Å². The molecule has 3 rings (SSSR count). The first kappa shape index (κ1) is 48.6. The molecule has 5 amide bonds. The zero-order chi connectivity index (χ0) is 43.3.